The van der Waals surface area contributed by atoms with Gasteiger partial charge >= 0.3 is 0 Å². The average Bonchev–Trinajstić information content (AvgIpc) is 2.73. The van der Waals surface area contributed by atoms with Crippen LogP contribution in [0.15, 0.2) is 18.5 Å². The van der Waals surface area contributed by atoms with E-state index in [1.165, 1.54) is 6.33 Å². The van der Waals surface area contributed by atoms with Gasteiger partial charge in [0.15, 0.2) is 5.82 Å². The van der Waals surface area contributed by atoms with Crippen molar-refractivity contribution in [2.24, 2.45) is 7.05 Å². The first-order chi connectivity index (χ1) is 8.20. The molecule has 17 heavy (non-hydrogen) atoms. The largest absolute Gasteiger partial charge is 0.484 e. The summed E-state index contributed by atoms with van der Waals surface area (Å²) in [5.41, 5.74) is 1.67. The molecule has 0 N–H and O–H groups in total. The van der Waals surface area contributed by atoms with Crippen molar-refractivity contribution in [1.29, 1.82) is 0 Å². The second-order valence-corrected chi connectivity index (χ2v) is 3.89. The number of aromatic nitrogens is 4. The van der Waals surface area contributed by atoms with Gasteiger partial charge in [-0.05, 0) is 19.1 Å². The normalized spacial score (nSPS) is 10.5. The van der Waals surface area contributed by atoms with Gasteiger partial charge in [-0.25, -0.2) is 4.98 Å². The number of alkyl halides is 1. The Balaban J connectivity index is 2.11. The molecule has 0 aliphatic heterocycles. The molecule has 2 heterocycles. The molecular formula is C11H13ClN4O. The van der Waals surface area contributed by atoms with Crippen LogP contribution in [0.2, 0.25) is 0 Å². The SMILES string of the molecule is Cc1ccc(OCc2ncnn2C)c(CCl)n1. The zero-order chi connectivity index (χ0) is 12.3. The Morgan fingerprint density at radius 3 is 2.88 bits per heavy atom. The summed E-state index contributed by atoms with van der Waals surface area (Å²) in [6.07, 6.45) is 1.49. The van der Waals surface area contributed by atoms with E-state index in [4.69, 9.17) is 16.3 Å². The van der Waals surface area contributed by atoms with Crippen LogP contribution in [0.1, 0.15) is 17.2 Å². The topological polar surface area (TPSA) is 52.8 Å². The van der Waals surface area contributed by atoms with Crippen LogP contribution >= 0.6 is 11.6 Å². The van der Waals surface area contributed by atoms with E-state index in [1.54, 1.807) is 4.68 Å². The first-order valence-corrected chi connectivity index (χ1v) is 5.72. The Hall–Kier alpha value is -1.62. The van der Waals surface area contributed by atoms with Crippen molar-refractivity contribution < 1.29 is 4.74 Å². The van der Waals surface area contributed by atoms with Crippen molar-refractivity contribution in [2.45, 2.75) is 19.4 Å². The van der Waals surface area contributed by atoms with Crippen LogP contribution in [0.3, 0.4) is 0 Å². The Morgan fingerprint density at radius 2 is 2.24 bits per heavy atom. The number of rotatable bonds is 4. The minimum atomic E-state index is 0.329. The number of pyridine rings is 1. The van der Waals surface area contributed by atoms with Crippen LogP contribution in [0, 0.1) is 6.92 Å². The van der Waals surface area contributed by atoms with E-state index < -0.39 is 0 Å². The number of hydrogen-bond acceptors (Lipinski definition) is 4. The molecule has 0 amide bonds. The Labute approximate surface area is 104 Å². The van der Waals surface area contributed by atoms with Gasteiger partial charge in [-0.3, -0.25) is 9.67 Å². The molecule has 0 aliphatic carbocycles. The van der Waals surface area contributed by atoms with Gasteiger partial charge in [0.25, 0.3) is 0 Å². The molecule has 2 rings (SSSR count). The molecule has 0 fully saturated rings. The summed E-state index contributed by atoms with van der Waals surface area (Å²) in [7, 11) is 1.82. The number of ether oxygens (including phenoxy) is 1. The summed E-state index contributed by atoms with van der Waals surface area (Å²) >= 11 is 5.82. The Bertz CT molecular complexity index is 512. The van der Waals surface area contributed by atoms with E-state index in [1.807, 2.05) is 26.1 Å². The van der Waals surface area contributed by atoms with Crippen LogP contribution in [0.4, 0.5) is 0 Å². The Morgan fingerprint density at radius 1 is 1.41 bits per heavy atom. The van der Waals surface area contributed by atoms with Crippen molar-refractivity contribution in [2.75, 3.05) is 0 Å². The van der Waals surface area contributed by atoms with Gasteiger partial charge in [0.05, 0.1) is 11.6 Å². The van der Waals surface area contributed by atoms with Gasteiger partial charge in [0.1, 0.15) is 18.7 Å². The van der Waals surface area contributed by atoms with Crippen molar-refractivity contribution in [3.05, 3.63) is 35.7 Å². The van der Waals surface area contributed by atoms with E-state index in [9.17, 15) is 0 Å². The van der Waals surface area contributed by atoms with Gasteiger partial charge in [0, 0.05) is 12.7 Å². The number of halogens is 1. The third-order valence-electron chi connectivity index (χ3n) is 2.36. The third-order valence-corrected chi connectivity index (χ3v) is 2.61. The summed E-state index contributed by atoms with van der Waals surface area (Å²) in [5, 5.41) is 3.97. The zero-order valence-electron chi connectivity index (χ0n) is 9.72. The summed E-state index contributed by atoms with van der Waals surface area (Å²) in [4.78, 5) is 8.39. The zero-order valence-corrected chi connectivity index (χ0v) is 10.5. The lowest BCUT2D eigenvalue weighted by atomic mass is 10.3. The van der Waals surface area contributed by atoms with Gasteiger partial charge in [0.2, 0.25) is 0 Å². The fourth-order valence-corrected chi connectivity index (χ4v) is 1.61. The molecular weight excluding hydrogens is 240 g/mol. The summed E-state index contributed by atoms with van der Waals surface area (Å²) in [6.45, 7) is 2.27. The van der Waals surface area contributed by atoms with Gasteiger partial charge < -0.3 is 4.74 Å². The van der Waals surface area contributed by atoms with Crippen molar-refractivity contribution in [3.63, 3.8) is 0 Å². The van der Waals surface area contributed by atoms with Crippen molar-refractivity contribution >= 4 is 11.6 Å². The highest BCUT2D eigenvalue weighted by atomic mass is 35.5. The van der Waals surface area contributed by atoms with E-state index in [2.05, 4.69) is 15.1 Å². The molecule has 0 aromatic carbocycles. The van der Waals surface area contributed by atoms with Crippen LogP contribution in [-0.4, -0.2) is 19.7 Å². The van der Waals surface area contributed by atoms with E-state index in [-0.39, 0.29) is 0 Å². The van der Waals surface area contributed by atoms with E-state index in [0.29, 0.717) is 18.2 Å². The first-order valence-electron chi connectivity index (χ1n) is 5.19. The lowest BCUT2D eigenvalue weighted by molar-refractivity contribution is 0.286. The van der Waals surface area contributed by atoms with Crippen LogP contribution in [0.25, 0.3) is 0 Å². The highest BCUT2D eigenvalue weighted by molar-refractivity contribution is 6.17. The van der Waals surface area contributed by atoms with Gasteiger partial charge in [-0.1, -0.05) is 0 Å². The lowest BCUT2D eigenvalue weighted by Gasteiger charge is -2.09. The molecule has 0 bridgehead atoms. The van der Waals surface area contributed by atoms with Crippen LogP contribution in [0.5, 0.6) is 5.75 Å². The van der Waals surface area contributed by atoms with Gasteiger partial charge in [-0.15, -0.1) is 11.6 Å². The van der Waals surface area contributed by atoms with E-state index >= 15 is 0 Å². The highest BCUT2D eigenvalue weighted by Gasteiger charge is 2.07. The standard InChI is InChI=1S/C11H13ClN4O/c1-8-3-4-10(9(5-12)15-8)17-6-11-13-7-14-16(11)2/h3-4,7H,5-6H2,1-2H3. The molecule has 0 radical (unpaired) electrons. The summed E-state index contributed by atoms with van der Waals surface area (Å²) < 4.78 is 7.31. The molecule has 0 saturated carbocycles. The molecule has 5 nitrogen and oxygen atoms in total. The first kappa shape index (κ1) is 11.9. The lowest BCUT2D eigenvalue weighted by Crippen LogP contribution is -2.06. The Kier molecular flexibility index (Phi) is 3.58. The quantitative estimate of drug-likeness (QED) is 0.779. The van der Waals surface area contributed by atoms with E-state index in [0.717, 1.165) is 17.2 Å². The monoisotopic (exact) mass is 252 g/mol. The maximum Gasteiger partial charge on any atom is 0.164 e. The molecule has 2 aromatic rings. The maximum atomic E-state index is 5.82. The number of aryl methyl sites for hydroxylation is 2. The van der Waals surface area contributed by atoms with Gasteiger partial charge in [-0.2, -0.15) is 5.10 Å². The molecule has 0 spiro atoms. The van der Waals surface area contributed by atoms with Crippen molar-refractivity contribution in [1.82, 2.24) is 19.7 Å². The summed E-state index contributed by atoms with van der Waals surface area (Å²) in [5.74, 6) is 1.77. The fourth-order valence-electron chi connectivity index (χ4n) is 1.42. The van der Waals surface area contributed by atoms with Crippen LogP contribution < -0.4 is 4.74 Å². The molecule has 90 valence electrons. The molecule has 0 saturated heterocycles. The summed E-state index contributed by atoms with van der Waals surface area (Å²) in [6, 6.07) is 3.76. The molecule has 6 heteroatoms. The second kappa shape index (κ2) is 5.14. The van der Waals surface area contributed by atoms with Crippen LogP contribution in [-0.2, 0) is 19.5 Å². The maximum absolute atomic E-state index is 5.82. The predicted octanol–water partition coefficient (Wildman–Crippen LogP) is 1.84. The number of nitrogens with zero attached hydrogens (tertiary/aromatic N) is 4. The molecule has 0 aliphatic rings. The molecule has 2 aromatic heterocycles. The smallest absolute Gasteiger partial charge is 0.164 e. The predicted molar refractivity (Wildman–Crippen MR) is 63.9 cm³/mol. The third kappa shape index (κ3) is 2.74. The number of hydrogen-bond donors (Lipinski definition) is 0. The molecule has 0 unspecified atom stereocenters. The molecule has 0 atom stereocenters. The minimum absolute atomic E-state index is 0.329. The van der Waals surface area contributed by atoms with Crippen molar-refractivity contribution in [3.8, 4) is 5.75 Å². The average molecular weight is 253 g/mol. The minimum Gasteiger partial charge on any atom is -0.484 e. The highest BCUT2D eigenvalue weighted by Crippen LogP contribution is 2.19. The fraction of sp³-hybridized carbons (Fsp3) is 0.364. The second-order valence-electron chi connectivity index (χ2n) is 3.62.